The molecule has 0 amide bonds. The number of alkyl halides is 3. The minimum atomic E-state index is -4.53. The molecule has 0 bridgehead atoms. The molecule has 0 saturated heterocycles. The molecule has 0 spiro atoms. The van der Waals surface area contributed by atoms with Crippen LogP contribution in [0.2, 0.25) is 0 Å². The summed E-state index contributed by atoms with van der Waals surface area (Å²) in [5.41, 5.74) is -0.998. The number of nitrogens with one attached hydrogen (secondary N) is 1. The molecule has 0 aliphatic carbocycles. The molecule has 5 nitrogen and oxygen atoms in total. The third-order valence-electron chi connectivity index (χ3n) is 2.07. The Morgan fingerprint density at radius 1 is 1.20 bits per heavy atom. The quantitative estimate of drug-likeness (QED) is 0.692. The topological polar surface area (TPSA) is 63.6 Å². The number of hydrogen-bond donors (Lipinski definition) is 1. The highest BCUT2D eigenvalue weighted by molar-refractivity contribution is 7.99. The molecule has 2 rings (SSSR count). The van der Waals surface area contributed by atoms with Crippen LogP contribution in [0.1, 0.15) is 12.6 Å². The lowest BCUT2D eigenvalue weighted by Crippen LogP contribution is -2.12. The molecule has 20 heavy (non-hydrogen) atoms. The zero-order chi connectivity index (χ0) is 14.6. The van der Waals surface area contributed by atoms with Crippen molar-refractivity contribution in [3.63, 3.8) is 0 Å². The van der Waals surface area contributed by atoms with Gasteiger partial charge in [-0.25, -0.2) is 19.9 Å². The number of nitrogens with zero attached hydrogens (tertiary/aromatic N) is 4. The lowest BCUT2D eigenvalue weighted by atomic mass is 10.4. The van der Waals surface area contributed by atoms with E-state index in [0.29, 0.717) is 11.7 Å². The molecule has 106 valence electrons. The lowest BCUT2D eigenvalue weighted by molar-refractivity contribution is -0.141. The van der Waals surface area contributed by atoms with Crippen LogP contribution in [0, 0.1) is 0 Å². The molecule has 0 unspecified atom stereocenters. The highest BCUT2D eigenvalue weighted by atomic mass is 32.2. The van der Waals surface area contributed by atoms with Crippen molar-refractivity contribution in [2.24, 2.45) is 0 Å². The first-order valence-corrected chi connectivity index (χ1v) is 6.45. The van der Waals surface area contributed by atoms with Gasteiger partial charge in [0.2, 0.25) is 5.95 Å². The normalized spacial score (nSPS) is 11.4. The van der Waals surface area contributed by atoms with Gasteiger partial charge in [0.15, 0.2) is 10.9 Å². The second kappa shape index (κ2) is 6.04. The van der Waals surface area contributed by atoms with E-state index >= 15 is 0 Å². The van der Waals surface area contributed by atoms with Crippen LogP contribution in [0.15, 0.2) is 34.7 Å². The summed E-state index contributed by atoms with van der Waals surface area (Å²) in [6, 6.07) is 2.50. The van der Waals surface area contributed by atoms with Gasteiger partial charge in [0.1, 0.15) is 5.03 Å². The van der Waals surface area contributed by atoms with E-state index in [1.807, 2.05) is 0 Å². The summed E-state index contributed by atoms with van der Waals surface area (Å²) >= 11 is 0.945. The lowest BCUT2D eigenvalue weighted by Gasteiger charge is -2.10. The van der Waals surface area contributed by atoms with Gasteiger partial charge in [-0.05, 0) is 24.8 Å². The van der Waals surface area contributed by atoms with Gasteiger partial charge in [0.25, 0.3) is 0 Å². The van der Waals surface area contributed by atoms with Crippen LogP contribution in [-0.2, 0) is 6.18 Å². The van der Waals surface area contributed by atoms with Crippen molar-refractivity contribution in [3.05, 3.63) is 30.2 Å². The number of aromatic nitrogens is 4. The first-order valence-electron chi connectivity index (χ1n) is 5.64. The summed E-state index contributed by atoms with van der Waals surface area (Å²) < 4.78 is 38.3. The van der Waals surface area contributed by atoms with Crippen LogP contribution < -0.4 is 5.32 Å². The predicted octanol–water partition coefficient (Wildman–Crippen LogP) is 2.87. The van der Waals surface area contributed by atoms with Crippen LogP contribution >= 0.6 is 11.8 Å². The van der Waals surface area contributed by atoms with Crippen molar-refractivity contribution in [1.29, 1.82) is 0 Å². The SMILES string of the molecule is CCNc1nc(Sc2ncccn2)cc(C(F)(F)F)n1. The van der Waals surface area contributed by atoms with E-state index < -0.39 is 11.9 Å². The standard InChI is InChI=1S/C11H10F3N5S/c1-2-15-9-18-7(11(12,13)14)6-8(19-9)20-10-16-4-3-5-17-10/h3-6H,2H2,1H3,(H,15,18,19). The molecule has 2 aromatic heterocycles. The zero-order valence-electron chi connectivity index (χ0n) is 10.3. The maximum atomic E-state index is 12.8. The van der Waals surface area contributed by atoms with E-state index in [-0.39, 0.29) is 11.0 Å². The number of rotatable bonds is 4. The second-order valence-corrected chi connectivity index (χ2v) is 4.56. The van der Waals surface area contributed by atoms with Crippen molar-refractivity contribution >= 4 is 17.7 Å². The molecule has 2 aromatic rings. The summed E-state index contributed by atoms with van der Waals surface area (Å²) in [7, 11) is 0. The Morgan fingerprint density at radius 2 is 1.90 bits per heavy atom. The second-order valence-electron chi connectivity index (χ2n) is 3.58. The van der Waals surface area contributed by atoms with E-state index in [0.717, 1.165) is 17.8 Å². The first kappa shape index (κ1) is 14.5. The maximum absolute atomic E-state index is 12.8. The molecule has 1 N–H and O–H groups in total. The van der Waals surface area contributed by atoms with E-state index in [2.05, 4.69) is 25.3 Å². The Labute approximate surface area is 117 Å². The van der Waals surface area contributed by atoms with Gasteiger partial charge in [0.05, 0.1) is 0 Å². The highest BCUT2D eigenvalue weighted by Crippen LogP contribution is 2.32. The van der Waals surface area contributed by atoms with E-state index in [4.69, 9.17) is 0 Å². The van der Waals surface area contributed by atoms with Crippen LogP contribution in [0.3, 0.4) is 0 Å². The Hall–Kier alpha value is -1.90. The van der Waals surface area contributed by atoms with Gasteiger partial charge in [-0.2, -0.15) is 13.2 Å². The molecule has 0 radical (unpaired) electrons. The van der Waals surface area contributed by atoms with Gasteiger partial charge in [-0.1, -0.05) is 0 Å². The zero-order valence-corrected chi connectivity index (χ0v) is 11.2. The van der Waals surface area contributed by atoms with Crippen LogP contribution in [0.5, 0.6) is 0 Å². The minimum absolute atomic E-state index is 0.0687. The molecule has 0 atom stereocenters. The summed E-state index contributed by atoms with van der Waals surface area (Å²) in [5, 5.41) is 3.12. The van der Waals surface area contributed by atoms with Gasteiger partial charge >= 0.3 is 6.18 Å². The fraction of sp³-hybridized carbons (Fsp3) is 0.273. The number of halogens is 3. The monoisotopic (exact) mass is 301 g/mol. The molecule has 0 aromatic carbocycles. The molecular formula is C11H10F3N5S. The highest BCUT2D eigenvalue weighted by Gasteiger charge is 2.33. The molecule has 0 aliphatic heterocycles. The average Bonchev–Trinajstić information content (AvgIpc) is 2.39. The van der Waals surface area contributed by atoms with E-state index in [1.54, 1.807) is 13.0 Å². The first-order chi connectivity index (χ1) is 9.49. The summed E-state index contributed by atoms with van der Waals surface area (Å²) in [6.45, 7) is 2.17. The van der Waals surface area contributed by atoms with Crippen molar-refractivity contribution in [1.82, 2.24) is 19.9 Å². The summed E-state index contributed by atoms with van der Waals surface area (Å²) in [4.78, 5) is 15.3. The largest absolute Gasteiger partial charge is 0.433 e. The third-order valence-corrected chi connectivity index (χ3v) is 2.88. The Balaban J connectivity index is 2.34. The Kier molecular flexibility index (Phi) is 4.38. The molecular weight excluding hydrogens is 291 g/mol. The third kappa shape index (κ3) is 3.80. The smallest absolute Gasteiger partial charge is 0.354 e. The van der Waals surface area contributed by atoms with Gasteiger partial charge in [-0.3, -0.25) is 0 Å². The van der Waals surface area contributed by atoms with Gasteiger partial charge in [-0.15, -0.1) is 0 Å². The molecule has 0 aliphatic rings. The fourth-order valence-electron chi connectivity index (χ4n) is 1.29. The van der Waals surface area contributed by atoms with E-state index in [9.17, 15) is 13.2 Å². The van der Waals surface area contributed by atoms with E-state index in [1.165, 1.54) is 12.4 Å². The van der Waals surface area contributed by atoms with Crippen molar-refractivity contribution in [2.45, 2.75) is 23.3 Å². The number of anilines is 1. The van der Waals surface area contributed by atoms with Crippen LogP contribution in [-0.4, -0.2) is 26.5 Å². The Morgan fingerprint density at radius 3 is 2.50 bits per heavy atom. The summed E-state index contributed by atoms with van der Waals surface area (Å²) in [6.07, 6.45) is -1.52. The maximum Gasteiger partial charge on any atom is 0.433 e. The predicted molar refractivity (Wildman–Crippen MR) is 67.4 cm³/mol. The van der Waals surface area contributed by atoms with Crippen molar-refractivity contribution in [3.8, 4) is 0 Å². The summed E-state index contributed by atoms with van der Waals surface area (Å²) in [5.74, 6) is -0.0687. The van der Waals surface area contributed by atoms with Crippen LogP contribution in [0.25, 0.3) is 0 Å². The average molecular weight is 301 g/mol. The molecule has 2 heterocycles. The van der Waals surface area contributed by atoms with Crippen LogP contribution in [0.4, 0.5) is 19.1 Å². The molecule has 0 fully saturated rings. The molecule has 0 saturated carbocycles. The van der Waals surface area contributed by atoms with Crippen molar-refractivity contribution < 1.29 is 13.2 Å². The Bertz CT molecular complexity index is 576. The number of hydrogen-bond acceptors (Lipinski definition) is 6. The van der Waals surface area contributed by atoms with Gasteiger partial charge in [0, 0.05) is 25.0 Å². The minimum Gasteiger partial charge on any atom is -0.354 e. The molecule has 9 heteroatoms. The fourth-order valence-corrected chi connectivity index (χ4v) is 2.01. The van der Waals surface area contributed by atoms with Crippen molar-refractivity contribution in [2.75, 3.05) is 11.9 Å². The van der Waals surface area contributed by atoms with Gasteiger partial charge < -0.3 is 5.32 Å².